The summed E-state index contributed by atoms with van der Waals surface area (Å²) in [5.74, 6) is -0.986. The first-order valence-corrected chi connectivity index (χ1v) is 9.84. The van der Waals surface area contributed by atoms with Gasteiger partial charge in [0.15, 0.2) is 0 Å². The van der Waals surface area contributed by atoms with Crippen LogP contribution in [0.3, 0.4) is 0 Å². The van der Waals surface area contributed by atoms with Crippen molar-refractivity contribution in [1.82, 2.24) is 9.88 Å². The van der Waals surface area contributed by atoms with E-state index in [4.69, 9.17) is 0 Å². The highest BCUT2D eigenvalue weighted by molar-refractivity contribution is 5.95. The minimum atomic E-state index is -0.468. The quantitative estimate of drug-likeness (QED) is 0.698. The van der Waals surface area contributed by atoms with Gasteiger partial charge in [-0.15, -0.1) is 0 Å². The molecule has 2 heterocycles. The van der Waals surface area contributed by atoms with Gasteiger partial charge in [-0.05, 0) is 62.8 Å². The molecule has 0 aliphatic carbocycles. The standard InChI is InChI=1S/C22H26FN3O3/c1-3-25-11-9-16(10-12-25)21(27)26(20-6-4-5-18(23)13-20)15-19-8-7-17(14-24-19)22(28)29-2/h4-8,13-14,16H,3,9-12,15H2,1-2H3. The van der Waals surface area contributed by atoms with Crippen LogP contribution in [0.25, 0.3) is 0 Å². The Bertz CT molecular complexity index is 849. The van der Waals surface area contributed by atoms with Gasteiger partial charge in [0.05, 0.1) is 24.9 Å². The van der Waals surface area contributed by atoms with Gasteiger partial charge >= 0.3 is 5.97 Å². The summed E-state index contributed by atoms with van der Waals surface area (Å²) >= 11 is 0. The number of anilines is 1. The number of ether oxygens (including phenoxy) is 1. The predicted molar refractivity (Wildman–Crippen MR) is 108 cm³/mol. The average molecular weight is 399 g/mol. The average Bonchev–Trinajstić information content (AvgIpc) is 2.77. The fourth-order valence-electron chi connectivity index (χ4n) is 3.58. The number of methoxy groups -OCH3 is 1. The third kappa shape index (κ3) is 5.17. The molecule has 0 unspecified atom stereocenters. The Balaban J connectivity index is 1.82. The minimum absolute atomic E-state index is 0.0230. The summed E-state index contributed by atoms with van der Waals surface area (Å²) in [6.45, 7) is 5.07. The van der Waals surface area contributed by atoms with Crippen LogP contribution < -0.4 is 4.90 Å². The van der Waals surface area contributed by atoms with E-state index in [0.717, 1.165) is 32.5 Å². The summed E-state index contributed by atoms with van der Waals surface area (Å²) in [6.07, 6.45) is 3.00. The van der Waals surface area contributed by atoms with E-state index in [1.165, 1.54) is 25.4 Å². The van der Waals surface area contributed by atoms with Crippen LogP contribution in [-0.2, 0) is 16.1 Å². The number of amides is 1. The molecule has 1 aromatic carbocycles. The van der Waals surface area contributed by atoms with Crippen molar-refractivity contribution in [3.8, 4) is 0 Å². The van der Waals surface area contributed by atoms with Crippen LogP contribution in [0.2, 0.25) is 0 Å². The van der Waals surface area contributed by atoms with E-state index in [1.54, 1.807) is 29.2 Å². The Morgan fingerprint density at radius 1 is 1.24 bits per heavy atom. The first-order valence-electron chi connectivity index (χ1n) is 9.84. The second kappa shape index (κ2) is 9.60. The van der Waals surface area contributed by atoms with Crippen molar-refractivity contribution in [2.75, 3.05) is 31.6 Å². The van der Waals surface area contributed by atoms with Crippen LogP contribution in [0, 0.1) is 11.7 Å². The van der Waals surface area contributed by atoms with Crippen LogP contribution in [0.4, 0.5) is 10.1 Å². The molecule has 7 heteroatoms. The molecule has 6 nitrogen and oxygen atoms in total. The molecule has 0 spiro atoms. The largest absolute Gasteiger partial charge is 0.465 e. The summed E-state index contributed by atoms with van der Waals surface area (Å²) in [5, 5.41) is 0. The number of nitrogens with zero attached hydrogens (tertiary/aromatic N) is 3. The van der Waals surface area contributed by atoms with E-state index in [0.29, 0.717) is 16.9 Å². The molecule has 3 rings (SSSR count). The number of esters is 1. The van der Waals surface area contributed by atoms with Gasteiger partial charge in [-0.3, -0.25) is 9.78 Å². The van der Waals surface area contributed by atoms with Crippen LogP contribution >= 0.6 is 0 Å². The number of rotatable bonds is 6. The Morgan fingerprint density at radius 3 is 2.59 bits per heavy atom. The molecule has 0 atom stereocenters. The molecule has 154 valence electrons. The fourth-order valence-corrected chi connectivity index (χ4v) is 3.58. The monoisotopic (exact) mass is 399 g/mol. The Morgan fingerprint density at radius 2 is 2.00 bits per heavy atom. The van der Waals surface area contributed by atoms with Crippen molar-refractivity contribution in [3.63, 3.8) is 0 Å². The number of benzene rings is 1. The van der Waals surface area contributed by atoms with Gasteiger partial charge in [-0.25, -0.2) is 9.18 Å². The fraction of sp³-hybridized carbons (Fsp3) is 0.409. The van der Waals surface area contributed by atoms with E-state index in [-0.39, 0.29) is 18.4 Å². The summed E-state index contributed by atoms with van der Waals surface area (Å²) < 4.78 is 18.5. The predicted octanol–water partition coefficient (Wildman–Crippen LogP) is 3.27. The van der Waals surface area contributed by atoms with Crippen molar-refractivity contribution < 1.29 is 18.7 Å². The molecule has 0 radical (unpaired) electrons. The van der Waals surface area contributed by atoms with E-state index >= 15 is 0 Å². The molecule has 0 bridgehead atoms. The van der Waals surface area contributed by atoms with E-state index < -0.39 is 11.8 Å². The van der Waals surface area contributed by atoms with Gasteiger partial charge in [-0.1, -0.05) is 13.0 Å². The topological polar surface area (TPSA) is 62.7 Å². The SMILES string of the molecule is CCN1CCC(C(=O)N(Cc2ccc(C(=O)OC)cn2)c2cccc(F)c2)CC1. The lowest BCUT2D eigenvalue weighted by molar-refractivity contribution is -0.124. The van der Waals surface area contributed by atoms with Crippen molar-refractivity contribution in [1.29, 1.82) is 0 Å². The van der Waals surface area contributed by atoms with Gasteiger partial charge in [0.1, 0.15) is 5.82 Å². The van der Waals surface area contributed by atoms with Crippen molar-refractivity contribution in [2.24, 2.45) is 5.92 Å². The van der Waals surface area contributed by atoms with Crippen LogP contribution in [-0.4, -0.2) is 48.5 Å². The van der Waals surface area contributed by atoms with Crippen molar-refractivity contribution >= 4 is 17.6 Å². The summed E-state index contributed by atoms with van der Waals surface area (Å²) in [6, 6.07) is 9.34. The molecule has 1 saturated heterocycles. The summed E-state index contributed by atoms with van der Waals surface area (Å²) in [4.78, 5) is 33.1. The number of hydrogen-bond donors (Lipinski definition) is 0. The zero-order valence-corrected chi connectivity index (χ0v) is 16.8. The number of piperidine rings is 1. The van der Waals surface area contributed by atoms with Crippen molar-refractivity contribution in [3.05, 3.63) is 59.7 Å². The zero-order chi connectivity index (χ0) is 20.8. The lowest BCUT2D eigenvalue weighted by atomic mass is 9.95. The molecular formula is C22H26FN3O3. The zero-order valence-electron chi connectivity index (χ0n) is 16.8. The normalized spacial score (nSPS) is 15.1. The Labute approximate surface area is 170 Å². The van der Waals surface area contributed by atoms with Crippen LogP contribution in [0.15, 0.2) is 42.6 Å². The molecule has 1 amide bonds. The van der Waals surface area contributed by atoms with E-state index in [9.17, 15) is 14.0 Å². The second-order valence-corrected chi connectivity index (χ2v) is 7.14. The molecule has 29 heavy (non-hydrogen) atoms. The highest BCUT2D eigenvalue weighted by Crippen LogP contribution is 2.25. The summed E-state index contributed by atoms with van der Waals surface area (Å²) in [7, 11) is 1.31. The maximum Gasteiger partial charge on any atom is 0.339 e. The number of carbonyl (C=O) groups excluding carboxylic acids is 2. The molecule has 1 aliphatic rings. The highest BCUT2D eigenvalue weighted by atomic mass is 19.1. The maximum absolute atomic E-state index is 13.8. The Kier molecular flexibility index (Phi) is 6.93. The third-order valence-corrected chi connectivity index (χ3v) is 5.34. The number of hydrogen-bond acceptors (Lipinski definition) is 5. The van der Waals surface area contributed by atoms with E-state index in [1.807, 2.05) is 0 Å². The third-order valence-electron chi connectivity index (χ3n) is 5.34. The summed E-state index contributed by atoms with van der Waals surface area (Å²) in [5.41, 5.74) is 1.46. The minimum Gasteiger partial charge on any atom is -0.465 e. The second-order valence-electron chi connectivity index (χ2n) is 7.14. The number of halogens is 1. The molecule has 0 saturated carbocycles. The first-order chi connectivity index (χ1) is 14.0. The molecule has 1 aromatic heterocycles. The van der Waals surface area contributed by atoms with Crippen LogP contribution in [0.1, 0.15) is 35.8 Å². The molecular weight excluding hydrogens is 373 g/mol. The lowest BCUT2D eigenvalue weighted by Crippen LogP contribution is -2.42. The van der Waals surface area contributed by atoms with Gasteiger partial charge < -0.3 is 14.5 Å². The molecule has 1 aliphatic heterocycles. The first kappa shape index (κ1) is 20.9. The van der Waals surface area contributed by atoms with Crippen molar-refractivity contribution in [2.45, 2.75) is 26.3 Å². The van der Waals surface area contributed by atoms with Crippen LogP contribution in [0.5, 0.6) is 0 Å². The molecule has 1 fully saturated rings. The Hall–Kier alpha value is -2.80. The van der Waals surface area contributed by atoms with E-state index in [2.05, 4.69) is 21.5 Å². The number of likely N-dealkylation sites (tertiary alicyclic amines) is 1. The van der Waals surface area contributed by atoms with Gasteiger partial charge in [-0.2, -0.15) is 0 Å². The van der Waals surface area contributed by atoms with Gasteiger partial charge in [0, 0.05) is 17.8 Å². The van der Waals surface area contributed by atoms with Gasteiger partial charge in [0.2, 0.25) is 5.91 Å². The lowest BCUT2D eigenvalue weighted by Gasteiger charge is -2.33. The number of pyridine rings is 1. The maximum atomic E-state index is 13.8. The van der Waals surface area contributed by atoms with Gasteiger partial charge in [0.25, 0.3) is 0 Å². The highest BCUT2D eigenvalue weighted by Gasteiger charge is 2.29. The molecule has 2 aromatic rings. The number of aromatic nitrogens is 1. The molecule has 0 N–H and O–H groups in total. The number of carbonyl (C=O) groups is 2. The smallest absolute Gasteiger partial charge is 0.339 e.